The van der Waals surface area contributed by atoms with Crippen LogP contribution in [0.4, 0.5) is 10.1 Å². The molecule has 1 N–H and O–H groups in total. The minimum atomic E-state index is -4.09. The summed E-state index contributed by atoms with van der Waals surface area (Å²) in [5, 5.41) is 3.12. The van der Waals surface area contributed by atoms with Gasteiger partial charge in [0.1, 0.15) is 16.5 Å². The summed E-state index contributed by atoms with van der Waals surface area (Å²) in [4.78, 5) is 12.1. The average molecular weight is 443 g/mol. The van der Waals surface area contributed by atoms with Crippen molar-refractivity contribution in [2.75, 3.05) is 38.7 Å². The Morgan fingerprint density at radius 2 is 1.93 bits per heavy atom. The van der Waals surface area contributed by atoms with Gasteiger partial charge in [0, 0.05) is 29.7 Å². The largest absolute Gasteiger partial charge is 0.495 e. The minimum absolute atomic E-state index is 0.00658. The summed E-state index contributed by atoms with van der Waals surface area (Å²) in [6.45, 7) is 2.48. The van der Waals surface area contributed by atoms with E-state index in [0.29, 0.717) is 16.5 Å². The molecule has 29 heavy (non-hydrogen) atoms. The zero-order chi connectivity index (χ0) is 21.2. The second kappa shape index (κ2) is 8.66. The first-order chi connectivity index (χ1) is 13.7. The molecular formula is C19H20ClFN2O5S. The van der Waals surface area contributed by atoms with Gasteiger partial charge in [-0.1, -0.05) is 11.6 Å². The highest BCUT2D eigenvalue weighted by atomic mass is 35.5. The van der Waals surface area contributed by atoms with Crippen LogP contribution in [0, 0.1) is 12.7 Å². The van der Waals surface area contributed by atoms with Gasteiger partial charge in [-0.2, -0.15) is 4.31 Å². The highest BCUT2D eigenvalue weighted by Crippen LogP contribution is 2.31. The van der Waals surface area contributed by atoms with Crippen LogP contribution in [-0.2, 0) is 14.8 Å². The van der Waals surface area contributed by atoms with Gasteiger partial charge < -0.3 is 14.8 Å². The standard InChI is InChI=1S/C19H20ClFN2O5S/c1-12-9-16(17(27-2)11-14(12)20)22-19(24)13-3-4-15(21)18(10-13)29(25,26)23-5-7-28-8-6-23/h3-4,9-11H,5-8H2,1-2H3,(H,22,24). The summed E-state index contributed by atoms with van der Waals surface area (Å²) >= 11 is 6.07. The molecule has 2 aromatic carbocycles. The van der Waals surface area contributed by atoms with Crippen LogP contribution in [0.15, 0.2) is 35.2 Å². The fourth-order valence-electron chi connectivity index (χ4n) is 2.89. The molecule has 0 saturated carbocycles. The van der Waals surface area contributed by atoms with Crippen molar-refractivity contribution >= 4 is 33.2 Å². The molecule has 0 aliphatic carbocycles. The Hall–Kier alpha value is -2.20. The Kier molecular flexibility index (Phi) is 6.42. The lowest BCUT2D eigenvalue weighted by Crippen LogP contribution is -2.41. The molecule has 1 amide bonds. The highest BCUT2D eigenvalue weighted by Gasteiger charge is 2.30. The van der Waals surface area contributed by atoms with E-state index in [1.165, 1.54) is 13.2 Å². The van der Waals surface area contributed by atoms with Crippen molar-refractivity contribution in [3.63, 3.8) is 0 Å². The van der Waals surface area contributed by atoms with Gasteiger partial charge in [-0.15, -0.1) is 0 Å². The average Bonchev–Trinajstić information content (AvgIpc) is 2.71. The third-order valence-electron chi connectivity index (χ3n) is 4.51. The molecule has 7 nitrogen and oxygen atoms in total. The number of hydrogen-bond acceptors (Lipinski definition) is 5. The normalized spacial score (nSPS) is 15.2. The van der Waals surface area contributed by atoms with Gasteiger partial charge in [0.2, 0.25) is 10.0 Å². The Balaban J connectivity index is 1.92. The van der Waals surface area contributed by atoms with Crippen LogP contribution in [-0.4, -0.2) is 52.0 Å². The van der Waals surface area contributed by atoms with E-state index in [1.807, 2.05) is 0 Å². The number of ether oxygens (including phenoxy) is 2. The van der Waals surface area contributed by atoms with E-state index in [-0.39, 0.29) is 31.9 Å². The predicted octanol–water partition coefficient (Wildman–Crippen LogP) is 3.07. The lowest BCUT2D eigenvalue weighted by molar-refractivity contribution is 0.0729. The molecule has 0 radical (unpaired) electrons. The van der Waals surface area contributed by atoms with Crippen LogP contribution < -0.4 is 10.1 Å². The first kappa shape index (κ1) is 21.5. The SMILES string of the molecule is COc1cc(Cl)c(C)cc1NC(=O)c1ccc(F)c(S(=O)(=O)N2CCOCC2)c1. The third-order valence-corrected chi connectivity index (χ3v) is 6.83. The van der Waals surface area contributed by atoms with Gasteiger partial charge in [-0.3, -0.25) is 4.79 Å². The summed E-state index contributed by atoms with van der Waals surface area (Å²) in [7, 11) is -2.66. The fraction of sp³-hybridized carbons (Fsp3) is 0.316. The summed E-state index contributed by atoms with van der Waals surface area (Å²) in [6.07, 6.45) is 0. The van der Waals surface area contributed by atoms with Gasteiger partial charge in [0.15, 0.2) is 0 Å². The van der Waals surface area contributed by atoms with Crippen LogP contribution in [0.2, 0.25) is 5.02 Å². The van der Waals surface area contributed by atoms with Crippen molar-refractivity contribution in [1.29, 1.82) is 0 Å². The molecule has 10 heteroatoms. The number of methoxy groups -OCH3 is 1. The monoisotopic (exact) mass is 442 g/mol. The lowest BCUT2D eigenvalue weighted by atomic mass is 10.1. The Labute approximate surface area is 173 Å². The number of sulfonamides is 1. The third kappa shape index (κ3) is 4.53. The number of rotatable bonds is 5. The lowest BCUT2D eigenvalue weighted by Gasteiger charge is -2.26. The van der Waals surface area contributed by atoms with Gasteiger partial charge in [-0.05, 0) is 36.8 Å². The van der Waals surface area contributed by atoms with E-state index in [0.717, 1.165) is 22.0 Å². The molecule has 2 aromatic rings. The Bertz CT molecular complexity index is 1040. The van der Waals surface area contributed by atoms with E-state index in [4.69, 9.17) is 21.1 Å². The van der Waals surface area contributed by atoms with Crippen molar-refractivity contribution in [3.05, 3.63) is 52.3 Å². The number of anilines is 1. The van der Waals surface area contributed by atoms with Crippen molar-refractivity contribution in [1.82, 2.24) is 4.31 Å². The maximum absolute atomic E-state index is 14.3. The fourth-order valence-corrected chi connectivity index (χ4v) is 4.54. The molecule has 0 aromatic heterocycles. The number of aryl methyl sites for hydroxylation is 1. The second-order valence-corrected chi connectivity index (χ2v) is 8.73. The van der Waals surface area contributed by atoms with Crippen molar-refractivity contribution in [3.8, 4) is 5.75 Å². The molecule has 0 atom stereocenters. The maximum Gasteiger partial charge on any atom is 0.255 e. The summed E-state index contributed by atoms with van der Waals surface area (Å²) in [5.74, 6) is -1.19. The Morgan fingerprint density at radius 3 is 2.59 bits per heavy atom. The van der Waals surface area contributed by atoms with Gasteiger partial charge >= 0.3 is 0 Å². The van der Waals surface area contributed by atoms with Gasteiger partial charge in [0.25, 0.3) is 5.91 Å². The number of benzene rings is 2. The van der Waals surface area contributed by atoms with Crippen LogP contribution in [0.5, 0.6) is 5.75 Å². The van der Waals surface area contributed by atoms with Crippen LogP contribution in [0.25, 0.3) is 0 Å². The summed E-state index contributed by atoms with van der Waals surface area (Å²) in [5.41, 5.74) is 1.08. The molecule has 3 rings (SSSR count). The minimum Gasteiger partial charge on any atom is -0.495 e. The van der Waals surface area contributed by atoms with Crippen LogP contribution >= 0.6 is 11.6 Å². The molecule has 1 aliphatic rings. The molecule has 1 heterocycles. The van der Waals surface area contributed by atoms with Gasteiger partial charge in [-0.25, -0.2) is 12.8 Å². The number of carbonyl (C=O) groups excluding carboxylic acids is 1. The van der Waals surface area contributed by atoms with E-state index in [1.54, 1.807) is 19.1 Å². The number of amides is 1. The maximum atomic E-state index is 14.3. The highest BCUT2D eigenvalue weighted by molar-refractivity contribution is 7.89. The number of carbonyl (C=O) groups is 1. The molecule has 1 saturated heterocycles. The molecule has 0 spiro atoms. The predicted molar refractivity (Wildman–Crippen MR) is 107 cm³/mol. The number of hydrogen-bond donors (Lipinski definition) is 1. The van der Waals surface area contributed by atoms with E-state index in [9.17, 15) is 17.6 Å². The van der Waals surface area contributed by atoms with Crippen LogP contribution in [0.1, 0.15) is 15.9 Å². The molecule has 0 bridgehead atoms. The summed E-state index contributed by atoms with van der Waals surface area (Å²) in [6, 6.07) is 6.41. The van der Waals surface area contributed by atoms with E-state index >= 15 is 0 Å². The zero-order valence-corrected chi connectivity index (χ0v) is 17.4. The first-order valence-corrected chi connectivity index (χ1v) is 10.6. The molecule has 0 unspecified atom stereocenters. The number of nitrogens with zero attached hydrogens (tertiary/aromatic N) is 1. The number of nitrogens with one attached hydrogen (secondary N) is 1. The summed E-state index contributed by atoms with van der Waals surface area (Å²) < 4.78 is 51.4. The molecule has 156 valence electrons. The van der Waals surface area contributed by atoms with Crippen molar-refractivity contribution in [2.24, 2.45) is 0 Å². The molecule has 1 fully saturated rings. The van der Waals surface area contributed by atoms with Crippen molar-refractivity contribution < 1.29 is 27.1 Å². The van der Waals surface area contributed by atoms with Crippen molar-refractivity contribution in [2.45, 2.75) is 11.8 Å². The Morgan fingerprint density at radius 1 is 1.24 bits per heavy atom. The molecular weight excluding hydrogens is 423 g/mol. The smallest absolute Gasteiger partial charge is 0.255 e. The number of morpholine rings is 1. The quantitative estimate of drug-likeness (QED) is 0.769. The van der Waals surface area contributed by atoms with Gasteiger partial charge in [0.05, 0.1) is 26.0 Å². The topological polar surface area (TPSA) is 84.9 Å². The van der Waals surface area contributed by atoms with E-state index < -0.39 is 26.6 Å². The zero-order valence-electron chi connectivity index (χ0n) is 15.9. The number of halogens is 2. The van der Waals surface area contributed by atoms with E-state index in [2.05, 4.69) is 5.32 Å². The van der Waals surface area contributed by atoms with Crippen LogP contribution in [0.3, 0.4) is 0 Å². The molecule has 1 aliphatic heterocycles. The first-order valence-electron chi connectivity index (χ1n) is 8.77. The second-order valence-electron chi connectivity index (χ2n) is 6.42.